The third kappa shape index (κ3) is 3.02. The van der Waals surface area contributed by atoms with E-state index in [9.17, 15) is 0 Å². The lowest BCUT2D eigenvalue weighted by Crippen LogP contribution is -2.03. The minimum atomic E-state index is 0.513. The van der Waals surface area contributed by atoms with Gasteiger partial charge in [-0.2, -0.15) is 0 Å². The van der Waals surface area contributed by atoms with Crippen molar-refractivity contribution in [2.75, 3.05) is 11.1 Å². The predicted molar refractivity (Wildman–Crippen MR) is 72.4 cm³/mol. The number of nitrogens with zero attached hydrogens (tertiary/aromatic N) is 1. The van der Waals surface area contributed by atoms with E-state index in [2.05, 4.69) is 10.3 Å². The van der Waals surface area contributed by atoms with Gasteiger partial charge in [0, 0.05) is 17.8 Å². The van der Waals surface area contributed by atoms with Crippen molar-refractivity contribution in [2.24, 2.45) is 0 Å². The molecule has 0 aliphatic rings. The van der Waals surface area contributed by atoms with Crippen molar-refractivity contribution in [3.8, 4) is 0 Å². The Morgan fingerprint density at radius 3 is 2.47 bits per heavy atom. The van der Waals surface area contributed by atoms with E-state index < -0.39 is 0 Å². The lowest BCUT2D eigenvalue weighted by Gasteiger charge is -2.10. The van der Waals surface area contributed by atoms with E-state index in [0.29, 0.717) is 22.9 Å². The summed E-state index contributed by atoms with van der Waals surface area (Å²) in [5.74, 6) is 0. The number of hydrogen-bond acceptors (Lipinski definition) is 3. The lowest BCUT2D eigenvalue weighted by molar-refractivity contribution is 1.14. The Kier molecular flexibility index (Phi) is 3.71. The Hall–Kier alpha value is -1.45. The van der Waals surface area contributed by atoms with Gasteiger partial charge in [-0.25, -0.2) is 0 Å². The van der Waals surface area contributed by atoms with E-state index in [0.717, 1.165) is 10.6 Å². The first-order chi connectivity index (χ1) is 8.16. The van der Waals surface area contributed by atoms with Crippen LogP contribution in [0.2, 0.25) is 10.0 Å². The molecule has 1 heterocycles. The second-order valence-electron chi connectivity index (χ2n) is 3.57. The first kappa shape index (κ1) is 12.0. The van der Waals surface area contributed by atoms with E-state index in [-0.39, 0.29) is 0 Å². The van der Waals surface area contributed by atoms with Crippen LogP contribution in [-0.2, 0) is 6.54 Å². The molecule has 3 nitrogen and oxygen atoms in total. The quantitative estimate of drug-likeness (QED) is 0.894. The molecular formula is C12H11Cl2N3. The second kappa shape index (κ2) is 5.25. The summed E-state index contributed by atoms with van der Waals surface area (Å²) in [6.07, 6.45) is 3.12. The van der Waals surface area contributed by atoms with Crippen LogP contribution < -0.4 is 11.1 Å². The number of aromatic nitrogens is 1. The number of anilines is 2. The Balaban J connectivity index is 2.10. The number of hydrogen-bond donors (Lipinski definition) is 2. The van der Waals surface area contributed by atoms with Gasteiger partial charge in [0.15, 0.2) is 0 Å². The minimum Gasteiger partial charge on any atom is -0.396 e. The summed E-state index contributed by atoms with van der Waals surface area (Å²) in [4.78, 5) is 3.90. The minimum absolute atomic E-state index is 0.513. The van der Waals surface area contributed by atoms with Gasteiger partial charge in [-0.1, -0.05) is 35.3 Å². The van der Waals surface area contributed by atoms with E-state index >= 15 is 0 Å². The van der Waals surface area contributed by atoms with Gasteiger partial charge in [0.2, 0.25) is 0 Å². The molecule has 0 unspecified atom stereocenters. The number of rotatable bonds is 3. The second-order valence-corrected chi connectivity index (χ2v) is 4.41. The summed E-state index contributed by atoms with van der Waals surface area (Å²) < 4.78 is 0. The highest BCUT2D eigenvalue weighted by atomic mass is 35.5. The number of benzene rings is 1. The van der Waals surface area contributed by atoms with Gasteiger partial charge in [0.25, 0.3) is 0 Å². The molecule has 1 aromatic carbocycles. The fourth-order valence-electron chi connectivity index (χ4n) is 1.43. The van der Waals surface area contributed by atoms with Crippen molar-refractivity contribution >= 4 is 34.6 Å². The molecule has 0 aliphatic heterocycles. The number of nitrogens with one attached hydrogen (secondary N) is 1. The topological polar surface area (TPSA) is 50.9 Å². The summed E-state index contributed by atoms with van der Waals surface area (Å²) in [7, 11) is 0. The van der Waals surface area contributed by atoms with Crippen LogP contribution in [0.3, 0.4) is 0 Å². The van der Waals surface area contributed by atoms with Crippen LogP contribution in [-0.4, -0.2) is 4.98 Å². The molecule has 88 valence electrons. The first-order valence-corrected chi connectivity index (χ1v) is 5.79. The Morgan fingerprint density at radius 2 is 1.82 bits per heavy atom. The van der Waals surface area contributed by atoms with Crippen molar-refractivity contribution in [1.29, 1.82) is 0 Å². The van der Waals surface area contributed by atoms with Crippen LogP contribution in [0, 0.1) is 0 Å². The molecule has 17 heavy (non-hydrogen) atoms. The van der Waals surface area contributed by atoms with Gasteiger partial charge in [0.1, 0.15) is 0 Å². The van der Waals surface area contributed by atoms with Gasteiger partial charge in [-0.05, 0) is 17.7 Å². The summed E-state index contributed by atoms with van der Waals surface area (Å²) in [5, 5.41) is 4.41. The summed E-state index contributed by atoms with van der Waals surface area (Å²) in [6, 6.07) is 7.58. The third-order valence-corrected chi connectivity index (χ3v) is 2.85. The summed E-state index contributed by atoms with van der Waals surface area (Å²) in [5.41, 5.74) is 8.12. The van der Waals surface area contributed by atoms with Crippen molar-refractivity contribution in [2.45, 2.75) is 6.54 Å². The standard InChI is InChI=1S/C12H11Cl2N3/c13-9-3-1-8(2-4-9)5-17-12-10(14)6-16-7-11(12)15/h1-4,6-7H,5,15H2,(H,16,17). The highest BCUT2D eigenvalue weighted by Crippen LogP contribution is 2.27. The van der Waals surface area contributed by atoms with Crippen LogP contribution in [0.1, 0.15) is 5.56 Å². The molecule has 2 rings (SSSR count). The SMILES string of the molecule is Nc1cncc(Cl)c1NCc1ccc(Cl)cc1. The molecule has 0 amide bonds. The van der Waals surface area contributed by atoms with Gasteiger partial charge < -0.3 is 11.1 Å². The molecule has 2 aromatic rings. The zero-order valence-corrected chi connectivity index (χ0v) is 10.5. The van der Waals surface area contributed by atoms with Gasteiger partial charge in [-0.15, -0.1) is 0 Å². The lowest BCUT2D eigenvalue weighted by atomic mass is 10.2. The monoisotopic (exact) mass is 267 g/mol. The number of nitrogen functional groups attached to an aromatic ring is 1. The van der Waals surface area contributed by atoms with Crippen molar-refractivity contribution in [3.05, 3.63) is 52.3 Å². The average Bonchev–Trinajstić information content (AvgIpc) is 2.31. The molecule has 0 bridgehead atoms. The van der Waals surface area contributed by atoms with Crippen molar-refractivity contribution in [3.63, 3.8) is 0 Å². The fraction of sp³-hybridized carbons (Fsp3) is 0.0833. The zero-order valence-electron chi connectivity index (χ0n) is 8.95. The zero-order chi connectivity index (χ0) is 12.3. The van der Waals surface area contributed by atoms with Crippen LogP contribution in [0.25, 0.3) is 0 Å². The first-order valence-electron chi connectivity index (χ1n) is 5.04. The van der Waals surface area contributed by atoms with Crippen LogP contribution in [0.15, 0.2) is 36.7 Å². The average molecular weight is 268 g/mol. The van der Waals surface area contributed by atoms with Crippen molar-refractivity contribution < 1.29 is 0 Å². The summed E-state index contributed by atoms with van der Waals surface area (Å²) in [6.45, 7) is 0.630. The predicted octanol–water partition coefficient (Wildman–Crippen LogP) is 3.58. The van der Waals surface area contributed by atoms with Gasteiger partial charge in [-0.3, -0.25) is 4.98 Å². The number of halogens is 2. The molecule has 3 N–H and O–H groups in total. The van der Waals surface area contributed by atoms with Gasteiger partial charge in [0.05, 0.1) is 22.6 Å². The molecule has 0 saturated heterocycles. The molecule has 5 heteroatoms. The third-order valence-electron chi connectivity index (χ3n) is 2.31. The van der Waals surface area contributed by atoms with Gasteiger partial charge >= 0.3 is 0 Å². The van der Waals surface area contributed by atoms with E-state index in [1.54, 1.807) is 12.4 Å². The number of nitrogens with two attached hydrogens (primary N) is 1. The highest BCUT2D eigenvalue weighted by Gasteiger charge is 2.04. The molecular weight excluding hydrogens is 257 g/mol. The van der Waals surface area contributed by atoms with Crippen LogP contribution in [0.5, 0.6) is 0 Å². The van der Waals surface area contributed by atoms with E-state index in [1.807, 2.05) is 24.3 Å². The van der Waals surface area contributed by atoms with E-state index in [1.165, 1.54) is 0 Å². The Labute approximate surface area is 110 Å². The molecule has 1 aromatic heterocycles. The molecule has 0 radical (unpaired) electrons. The van der Waals surface area contributed by atoms with E-state index in [4.69, 9.17) is 28.9 Å². The molecule has 0 saturated carbocycles. The van der Waals surface area contributed by atoms with Crippen LogP contribution >= 0.6 is 23.2 Å². The Morgan fingerprint density at radius 1 is 1.12 bits per heavy atom. The highest BCUT2D eigenvalue weighted by molar-refractivity contribution is 6.33. The Bertz CT molecular complexity index is 491. The summed E-state index contributed by atoms with van der Waals surface area (Å²) >= 11 is 11.8. The van der Waals surface area contributed by atoms with Crippen molar-refractivity contribution in [1.82, 2.24) is 4.98 Å². The molecule has 0 aliphatic carbocycles. The molecule has 0 atom stereocenters. The number of pyridine rings is 1. The normalized spacial score (nSPS) is 10.2. The maximum absolute atomic E-state index is 5.99. The fourth-order valence-corrected chi connectivity index (χ4v) is 1.79. The maximum Gasteiger partial charge on any atom is 0.0841 e. The van der Waals surface area contributed by atoms with Crippen LogP contribution in [0.4, 0.5) is 11.4 Å². The molecule has 0 fully saturated rings. The maximum atomic E-state index is 5.99. The largest absolute Gasteiger partial charge is 0.396 e. The smallest absolute Gasteiger partial charge is 0.0841 e. The molecule has 0 spiro atoms.